The fourth-order valence-electron chi connectivity index (χ4n) is 4.03. The van der Waals surface area contributed by atoms with E-state index in [0.717, 1.165) is 64.1 Å². The average molecular weight is 375 g/mol. The molecule has 2 fully saturated rings. The molecule has 0 bridgehead atoms. The molecule has 2 aliphatic rings. The molecule has 2 heterocycles. The second-order valence-electron chi connectivity index (χ2n) is 7.31. The minimum Gasteiger partial charge on any atom is -0.462 e. The Bertz CT molecular complexity index is 617. The van der Waals surface area contributed by atoms with Gasteiger partial charge in [-0.1, -0.05) is 13.8 Å². The van der Waals surface area contributed by atoms with Crippen molar-refractivity contribution in [2.24, 2.45) is 5.41 Å². The van der Waals surface area contributed by atoms with E-state index >= 15 is 0 Å². The van der Waals surface area contributed by atoms with Crippen LogP contribution in [0.25, 0.3) is 0 Å². The topological polar surface area (TPSA) is 32.8 Å². The number of hydrogen-bond acceptors (Lipinski definition) is 4. The van der Waals surface area contributed by atoms with Gasteiger partial charge in [-0.15, -0.1) is 12.8 Å². The number of anilines is 1. The monoisotopic (exact) mass is 374 g/mol. The standard InChI is InChI=1S/C20H29FN2O2.C2H2/c1-3-20(4-2)15-18(25-19(20)24)9-10-22-11-13-23(14-12-22)17-7-5-16(21)6-8-17;1-2/h5-8,18H,3-4,9-15H2,1-2H3;1-2H/t18-;/m0./s1. The number of carbonyl (C=O) groups excluding carboxylic acids is 1. The van der Waals surface area contributed by atoms with E-state index in [1.54, 1.807) is 0 Å². The zero-order valence-corrected chi connectivity index (χ0v) is 16.5. The van der Waals surface area contributed by atoms with Crippen LogP contribution in [0.5, 0.6) is 0 Å². The molecule has 148 valence electrons. The van der Waals surface area contributed by atoms with Crippen LogP contribution < -0.4 is 4.90 Å². The molecule has 1 aromatic carbocycles. The predicted octanol–water partition coefficient (Wildman–Crippen LogP) is 3.71. The maximum atomic E-state index is 13.0. The van der Waals surface area contributed by atoms with Crippen molar-refractivity contribution >= 4 is 11.7 Å². The Labute approximate surface area is 162 Å². The van der Waals surface area contributed by atoms with Gasteiger partial charge in [0.05, 0.1) is 5.41 Å². The Balaban J connectivity index is 0.00000126. The van der Waals surface area contributed by atoms with Crippen molar-refractivity contribution in [1.82, 2.24) is 4.90 Å². The Morgan fingerprint density at radius 1 is 1.11 bits per heavy atom. The van der Waals surface area contributed by atoms with Crippen molar-refractivity contribution in [1.29, 1.82) is 0 Å². The average Bonchev–Trinajstić information content (AvgIpc) is 3.05. The van der Waals surface area contributed by atoms with Gasteiger partial charge in [-0.25, -0.2) is 4.39 Å². The molecule has 0 unspecified atom stereocenters. The zero-order valence-electron chi connectivity index (χ0n) is 16.5. The van der Waals surface area contributed by atoms with E-state index in [1.807, 2.05) is 12.1 Å². The lowest BCUT2D eigenvalue weighted by Crippen LogP contribution is -2.47. The van der Waals surface area contributed by atoms with Crippen LogP contribution in [0.2, 0.25) is 0 Å². The first-order chi connectivity index (χ1) is 13.1. The van der Waals surface area contributed by atoms with Crippen LogP contribution in [-0.4, -0.2) is 49.7 Å². The highest BCUT2D eigenvalue weighted by Gasteiger charge is 2.46. The molecule has 1 atom stereocenters. The lowest BCUT2D eigenvalue weighted by atomic mass is 9.79. The highest BCUT2D eigenvalue weighted by atomic mass is 19.1. The quantitative estimate of drug-likeness (QED) is 0.561. The molecular formula is C22H31FN2O2. The number of carbonyl (C=O) groups is 1. The van der Waals surface area contributed by atoms with Crippen molar-refractivity contribution in [3.8, 4) is 12.8 Å². The first kappa shape index (κ1) is 21.2. The first-order valence-corrected chi connectivity index (χ1v) is 9.83. The molecule has 0 aromatic heterocycles. The third kappa shape index (κ3) is 5.01. The van der Waals surface area contributed by atoms with E-state index in [4.69, 9.17) is 4.74 Å². The maximum absolute atomic E-state index is 13.0. The fourth-order valence-corrected chi connectivity index (χ4v) is 4.03. The molecule has 1 aromatic rings. The summed E-state index contributed by atoms with van der Waals surface area (Å²) in [7, 11) is 0. The summed E-state index contributed by atoms with van der Waals surface area (Å²) >= 11 is 0. The molecule has 2 saturated heterocycles. The maximum Gasteiger partial charge on any atom is 0.312 e. The number of benzene rings is 1. The van der Waals surface area contributed by atoms with Crippen molar-refractivity contribution in [3.05, 3.63) is 30.1 Å². The molecule has 4 nitrogen and oxygen atoms in total. The molecule has 0 radical (unpaired) electrons. The van der Waals surface area contributed by atoms with Crippen LogP contribution in [0, 0.1) is 24.1 Å². The van der Waals surface area contributed by atoms with Crippen molar-refractivity contribution in [3.63, 3.8) is 0 Å². The van der Waals surface area contributed by atoms with Crippen LogP contribution in [0.4, 0.5) is 10.1 Å². The Morgan fingerprint density at radius 2 is 1.70 bits per heavy atom. The summed E-state index contributed by atoms with van der Waals surface area (Å²) in [4.78, 5) is 16.9. The number of ether oxygens (including phenoxy) is 1. The largest absolute Gasteiger partial charge is 0.462 e. The molecule has 27 heavy (non-hydrogen) atoms. The molecule has 5 heteroatoms. The van der Waals surface area contributed by atoms with Crippen molar-refractivity contribution in [2.75, 3.05) is 37.6 Å². The summed E-state index contributed by atoms with van der Waals surface area (Å²) < 4.78 is 18.7. The smallest absolute Gasteiger partial charge is 0.312 e. The van der Waals surface area contributed by atoms with Gasteiger partial charge in [-0.3, -0.25) is 9.69 Å². The van der Waals surface area contributed by atoms with E-state index in [-0.39, 0.29) is 23.3 Å². The zero-order chi connectivity index (χ0) is 19.9. The van der Waals surface area contributed by atoms with Crippen molar-refractivity contribution < 1.29 is 13.9 Å². The van der Waals surface area contributed by atoms with Crippen LogP contribution in [0.15, 0.2) is 24.3 Å². The summed E-state index contributed by atoms with van der Waals surface area (Å²) in [5.41, 5.74) is 0.841. The van der Waals surface area contributed by atoms with Crippen molar-refractivity contribution in [2.45, 2.75) is 45.6 Å². The van der Waals surface area contributed by atoms with Crippen LogP contribution >= 0.6 is 0 Å². The van der Waals surface area contributed by atoms with Gasteiger partial charge in [0, 0.05) is 44.8 Å². The number of nitrogens with zero attached hydrogens (tertiary/aromatic N) is 2. The second-order valence-corrected chi connectivity index (χ2v) is 7.31. The molecule has 0 aliphatic carbocycles. The second kappa shape index (κ2) is 9.75. The van der Waals surface area contributed by atoms with E-state index in [1.165, 1.54) is 12.1 Å². The number of hydrogen-bond donors (Lipinski definition) is 0. The third-order valence-electron chi connectivity index (χ3n) is 6.01. The molecule has 0 amide bonds. The number of rotatable bonds is 6. The summed E-state index contributed by atoms with van der Waals surface area (Å²) in [5.74, 6) is -0.188. The lowest BCUT2D eigenvalue weighted by Gasteiger charge is -2.36. The fraction of sp³-hybridized carbons (Fsp3) is 0.591. The van der Waals surface area contributed by atoms with Crippen LogP contribution in [0.3, 0.4) is 0 Å². The van der Waals surface area contributed by atoms with Crippen LogP contribution in [0.1, 0.15) is 39.5 Å². The molecule has 2 aliphatic heterocycles. The summed E-state index contributed by atoms with van der Waals surface area (Å²) in [5, 5.41) is 0. The Morgan fingerprint density at radius 3 is 2.22 bits per heavy atom. The lowest BCUT2D eigenvalue weighted by molar-refractivity contribution is -0.149. The van der Waals surface area contributed by atoms with Gasteiger partial charge in [0.25, 0.3) is 0 Å². The number of cyclic esters (lactones) is 1. The molecular weight excluding hydrogens is 343 g/mol. The first-order valence-electron chi connectivity index (χ1n) is 9.83. The van der Waals surface area contributed by atoms with Gasteiger partial charge >= 0.3 is 5.97 Å². The van der Waals surface area contributed by atoms with Gasteiger partial charge in [0.15, 0.2) is 0 Å². The van der Waals surface area contributed by atoms with Gasteiger partial charge in [0.2, 0.25) is 0 Å². The van der Waals surface area contributed by atoms with E-state index < -0.39 is 0 Å². The van der Waals surface area contributed by atoms with E-state index in [9.17, 15) is 9.18 Å². The molecule has 3 rings (SSSR count). The number of halogens is 1. The van der Waals surface area contributed by atoms with Crippen LogP contribution in [-0.2, 0) is 9.53 Å². The number of esters is 1. The minimum atomic E-state index is -0.244. The molecule has 0 saturated carbocycles. The van der Waals surface area contributed by atoms with Gasteiger partial charge in [-0.2, -0.15) is 0 Å². The Kier molecular flexibility index (Phi) is 7.67. The molecule has 0 N–H and O–H groups in total. The third-order valence-corrected chi connectivity index (χ3v) is 6.01. The van der Waals surface area contributed by atoms with E-state index in [2.05, 4.69) is 36.5 Å². The van der Waals surface area contributed by atoms with Gasteiger partial charge in [0.1, 0.15) is 11.9 Å². The normalized spacial score (nSPS) is 22.0. The Hall–Kier alpha value is -2.06. The molecule has 0 spiro atoms. The summed E-state index contributed by atoms with van der Waals surface area (Å²) in [6.07, 6.45) is 11.6. The van der Waals surface area contributed by atoms with E-state index in [0.29, 0.717) is 0 Å². The highest BCUT2D eigenvalue weighted by molar-refractivity contribution is 5.78. The minimum absolute atomic E-state index is 0.00336. The highest BCUT2D eigenvalue weighted by Crippen LogP contribution is 2.41. The summed E-state index contributed by atoms with van der Waals surface area (Å²) in [6, 6.07) is 6.73. The summed E-state index contributed by atoms with van der Waals surface area (Å²) in [6.45, 7) is 9.02. The SMILES string of the molecule is C#C.CCC1(CC)C[C@H](CCN2CCN(c3ccc(F)cc3)CC2)OC1=O. The van der Waals surface area contributed by atoms with Gasteiger partial charge < -0.3 is 9.64 Å². The van der Waals surface area contributed by atoms with Gasteiger partial charge in [-0.05, 0) is 43.5 Å². The number of terminal acetylenes is 1. The number of piperazine rings is 1. The predicted molar refractivity (Wildman–Crippen MR) is 107 cm³/mol.